The summed E-state index contributed by atoms with van der Waals surface area (Å²) >= 11 is 5.97. The molecule has 0 saturated carbocycles. The van der Waals surface area contributed by atoms with E-state index in [0.29, 0.717) is 11.5 Å². The van der Waals surface area contributed by atoms with Crippen molar-refractivity contribution < 1.29 is 4.79 Å². The third kappa shape index (κ3) is 4.15. The van der Waals surface area contributed by atoms with Crippen LogP contribution in [-0.4, -0.2) is 11.5 Å². The molecule has 0 bridgehead atoms. The van der Waals surface area contributed by atoms with Crippen LogP contribution in [0, 0.1) is 0 Å². The van der Waals surface area contributed by atoms with E-state index in [1.54, 1.807) is 6.08 Å². The van der Waals surface area contributed by atoms with Crippen LogP contribution in [0.4, 0.5) is 0 Å². The average molecular weight is 238 g/mol. The van der Waals surface area contributed by atoms with Crippen LogP contribution in [0.5, 0.6) is 0 Å². The fourth-order valence-electron chi connectivity index (χ4n) is 1.27. The molecule has 0 atom stereocenters. The van der Waals surface area contributed by atoms with E-state index in [1.807, 2.05) is 32.2 Å². The van der Waals surface area contributed by atoms with E-state index in [9.17, 15) is 4.79 Å². The van der Waals surface area contributed by atoms with Gasteiger partial charge >= 0.3 is 0 Å². The normalized spacial score (nSPS) is 16.6. The van der Waals surface area contributed by atoms with Gasteiger partial charge in [-0.3, -0.25) is 9.79 Å². The number of ketones is 1. The second-order valence-corrected chi connectivity index (χ2v) is 4.09. The summed E-state index contributed by atoms with van der Waals surface area (Å²) in [5, 5.41) is 0.708. The number of nitrogens with zero attached hydrogens (tertiary/aromatic N) is 1. The molecule has 0 unspecified atom stereocenters. The van der Waals surface area contributed by atoms with Gasteiger partial charge in [-0.25, -0.2) is 0 Å². The molecule has 0 aromatic heterocycles. The minimum absolute atomic E-state index is 0.155. The predicted molar refractivity (Wildman–Crippen MR) is 68.8 cm³/mol. The minimum Gasteiger partial charge on any atom is -0.295 e. The quantitative estimate of drug-likeness (QED) is 0.684. The lowest BCUT2D eigenvalue weighted by molar-refractivity contribution is -0.114. The van der Waals surface area contributed by atoms with E-state index < -0.39 is 0 Å². The molecule has 16 heavy (non-hydrogen) atoms. The Bertz CT molecular complexity index is 389. The zero-order valence-corrected chi connectivity index (χ0v) is 10.4. The summed E-state index contributed by atoms with van der Waals surface area (Å²) in [6.07, 6.45) is 9.41. The summed E-state index contributed by atoms with van der Waals surface area (Å²) in [6.45, 7) is 3.74. The summed E-state index contributed by atoms with van der Waals surface area (Å²) in [4.78, 5) is 15.3. The Morgan fingerprint density at radius 3 is 3.06 bits per heavy atom. The van der Waals surface area contributed by atoms with E-state index in [-0.39, 0.29) is 5.78 Å². The van der Waals surface area contributed by atoms with Crippen molar-refractivity contribution in [1.82, 2.24) is 0 Å². The highest BCUT2D eigenvalue weighted by Crippen LogP contribution is 2.17. The Balaban J connectivity index is 2.58. The molecule has 0 aromatic carbocycles. The van der Waals surface area contributed by atoms with E-state index in [4.69, 9.17) is 11.6 Å². The van der Waals surface area contributed by atoms with Crippen molar-refractivity contribution in [1.29, 1.82) is 0 Å². The first-order chi connectivity index (χ1) is 7.63. The molecule has 0 fully saturated rings. The van der Waals surface area contributed by atoms with Gasteiger partial charge in [-0.1, -0.05) is 30.7 Å². The molecule has 0 aliphatic carbocycles. The van der Waals surface area contributed by atoms with Crippen LogP contribution in [0.25, 0.3) is 0 Å². The lowest BCUT2D eigenvalue weighted by Gasteiger charge is -1.96. The van der Waals surface area contributed by atoms with E-state index in [1.165, 1.54) is 0 Å². The first-order valence-corrected chi connectivity index (χ1v) is 5.79. The Hall–Kier alpha value is -1.15. The molecule has 1 aliphatic heterocycles. The van der Waals surface area contributed by atoms with Crippen molar-refractivity contribution in [2.45, 2.75) is 33.1 Å². The lowest BCUT2D eigenvalue weighted by atomic mass is 10.1. The van der Waals surface area contributed by atoms with Crippen LogP contribution < -0.4 is 0 Å². The molecule has 0 N–H and O–H groups in total. The van der Waals surface area contributed by atoms with Gasteiger partial charge in [0.1, 0.15) is 0 Å². The Morgan fingerprint density at radius 1 is 1.62 bits per heavy atom. The van der Waals surface area contributed by atoms with Crippen molar-refractivity contribution in [3.63, 3.8) is 0 Å². The predicted octanol–water partition coefficient (Wildman–Crippen LogP) is 3.78. The molecule has 1 aliphatic rings. The second kappa shape index (κ2) is 6.44. The number of rotatable bonds is 4. The third-order valence-electron chi connectivity index (χ3n) is 2.36. The van der Waals surface area contributed by atoms with Gasteiger partial charge < -0.3 is 0 Å². The molecule has 0 aromatic rings. The maximum atomic E-state index is 11.1. The first-order valence-electron chi connectivity index (χ1n) is 5.41. The van der Waals surface area contributed by atoms with Gasteiger partial charge in [0.2, 0.25) is 0 Å². The monoisotopic (exact) mass is 237 g/mol. The number of halogens is 1. The highest BCUT2D eigenvalue weighted by molar-refractivity contribution is 6.43. The maximum Gasteiger partial charge on any atom is 0.155 e. The molecule has 1 rings (SSSR count). The number of aliphatic imine (C=N–C) groups is 1. The van der Waals surface area contributed by atoms with Gasteiger partial charge in [-0.05, 0) is 31.4 Å². The van der Waals surface area contributed by atoms with Crippen LogP contribution in [0.1, 0.15) is 33.1 Å². The molecule has 2 nitrogen and oxygen atoms in total. The number of carbonyl (C=O) groups is 1. The molecular formula is C13H16ClNO. The van der Waals surface area contributed by atoms with Crippen molar-refractivity contribution >= 4 is 23.1 Å². The van der Waals surface area contributed by atoms with Gasteiger partial charge in [0.25, 0.3) is 0 Å². The summed E-state index contributed by atoms with van der Waals surface area (Å²) in [6, 6.07) is 0. The average Bonchev–Trinajstić information content (AvgIpc) is 2.44. The molecule has 0 spiro atoms. The molecule has 0 saturated heterocycles. The molecule has 0 amide bonds. The Morgan fingerprint density at radius 2 is 2.38 bits per heavy atom. The van der Waals surface area contributed by atoms with Gasteiger partial charge in [-0.2, -0.15) is 0 Å². The van der Waals surface area contributed by atoms with Crippen LogP contribution in [0.2, 0.25) is 0 Å². The lowest BCUT2D eigenvalue weighted by Crippen LogP contribution is -1.87. The van der Waals surface area contributed by atoms with Crippen molar-refractivity contribution in [3.8, 4) is 0 Å². The highest BCUT2D eigenvalue weighted by atomic mass is 35.5. The summed E-state index contributed by atoms with van der Waals surface area (Å²) in [5.41, 5.74) is 2.00. The minimum atomic E-state index is 0.155. The van der Waals surface area contributed by atoms with Crippen LogP contribution >= 0.6 is 11.6 Å². The molecule has 0 radical (unpaired) electrons. The summed E-state index contributed by atoms with van der Waals surface area (Å²) < 4.78 is 0. The largest absolute Gasteiger partial charge is 0.295 e. The van der Waals surface area contributed by atoms with Gasteiger partial charge in [0.15, 0.2) is 5.78 Å². The summed E-state index contributed by atoms with van der Waals surface area (Å²) in [5.74, 6) is 0.155. The summed E-state index contributed by atoms with van der Waals surface area (Å²) in [7, 11) is 0. The topological polar surface area (TPSA) is 29.4 Å². The van der Waals surface area contributed by atoms with Crippen LogP contribution in [0.15, 0.2) is 40.0 Å². The number of hydrogen-bond acceptors (Lipinski definition) is 2. The second-order valence-electron chi connectivity index (χ2n) is 3.68. The SMILES string of the molecule is CCC(=O)/C=C/CC1=CN=C(C)C(Cl)=CC1. The number of hydrogen-bond donors (Lipinski definition) is 0. The van der Waals surface area contributed by atoms with E-state index in [2.05, 4.69) is 4.99 Å². The standard InChI is InChI=1S/C13H16ClNO/c1-3-12(16)6-4-5-11-7-8-13(14)10(2)15-9-11/h4,6,8-9H,3,5,7H2,1-2H3/b6-4+. The zero-order valence-electron chi connectivity index (χ0n) is 9.66. The smallest absolute Gasteiger partial charge is 0.155 e. The maximum absolute atomic E-state index is 11.1. The first kappa shape index (κ1) is 12.9. The Labute approximate surface area is 101 Å². The van der Waals surface area contributed by atoms with Crippen molar-refractivity contribution in [3.05, 3.63) is 35.0 Å². The zero-order chi connectivity index (χ0) is 12.0. The molecule has 3 heteroatoms. The molecule has 86 valence electrons. The highest BCUT2D eigenvalue weighted by Gasteiger charge is 2.02. The molecular weight excluding hydrogens is 222 g/mol. The third-order valence-corrected chi connectivity index (χ3v) is 2.79. The van der Waals surface area contributed by atoms with Gasteiger partial charge in [-0.15, -0.1) is 0 Å². The van der Waals surface area contributed by atoms with E-state index in [0.717, 1.165) is 24.1 Å². The van der Waals surface area contributed by atoms with Crippen molar-refractivity contribution in [2.24, 2.45) is 4.99 Å². The van der Waals surface area contributed by atoms with Crippen molar-refractivity contribution in [2.75, 3.05) is 0 Å². The van der Waals surface area contributed by atoms with E-state index >= 15 is 0 Å². The fourth-order valence-corrected chi connectivity index (χ4v) is 1.39. The Kier molecular flexibility index (Phi) is 5.20. The molecule has 1 heterocycles. The van der Waals surface area contributed by atoms with Gasteiger partial charge in [0, 0.05) is 12.6 Å². The van der Waals surface area contributed by atoms with Gasteiger partial charge in [0.05, 0.1) is 10.7 Å². The van der Waals surface area contributed by atoms with Crippen LogP contribution in [0.3, 0.4) is 0 Å². The number of allylic oxidation sites excluding steroid dienone is 5. The van der Waals surface area contributed by atoms with Crippen LogP contribution in [-0.2, 0) is 4.79 Å². The fraction of sp³-hybridized carbons (Fsp3) is 0.385. The number of carbonyl (C=O) groups excluding carboxylic acids is 1.